The minimum absolute atomic E-state index is 0.171. The summed E-state index contributed by atoms with van der Waals surface area (Å²) in [5.74, 6) is 0.355. The Hall–Kier alpha value is -1.07. The highest BCUT2D eigenvalue weighted by Gasteiger charge is 2.24. The normalized spacial score (nSPS) is 17.8. The summed E-state index contributed by atoms with van der Waals surface area (Å²) in [6.07, 6.45) is 1.62. The fourth-order valence-electron chi connectivity index (χ4n) is 2.22. The molecule has 18 heavy (non-hydrogen) atoms. The van der Waals surface area contributed by atoms with Crippen LogP contribution in [0.4, 0.5) is 5.69 Å². The van der Waals surface area contributed by atoms with E-state index in [0.717, 1.165) is 18.4 Å². The number of nitrogen functional groups attached to an aromatic ring is 1. The van der Waals surface area contributed by atoms with Crippen LogP contribution >= 0.6 is 0 Å². The van der Waals surface area contributed by atoms with Crippen LogP contribution in [0.25, 0.3) is 0 Å². The van der Waals surface area contributed by atoms with Crippen LogP contribution in [0.3, 0.4) is 0 Å². The maximum atomic E-state index is 12.4. The predicted octanol–water partition coefficient (Wildman–Crippen LogP) is 1.78. The van der Waals surface area contributed by atoms with Crippen molar-refractivity contribution in [2.45, 2.75) is 24.7 Å². The summed E-state index contributed by atoms with van der Waals surface area (Å²) in [4.78, 5) is 0.272. The van der Waals surface area contributed by atoms with Crippen molar-refractivity contribution in [3.63, 3.8) is 0 Å². The lowest BCUT2D eigenvalue weighted by Crippen LogP contribution is -2.24. The third kappa shape index (κ3) is 3.03. The third-order valence-corrected chi connectivity index (χ3v) is 5.23. The van der Waals surface area contributed by atoms with Gasteiger partial charge in [-0.25, -0.2) is 8.42 Å². The van der Waals surface area contributed by atoms with Gasteiger partial charge >= 0.3 is 0 Å². The van der Waals surface area contributed by atoms with E-state index in [9.17, 15) is 8.42 Å². The summed E-state index contributed by atoms with van der Waals surface area (Å²) in [5.41, 5.74) is 7.03. The minimum atomic E-state index is -3.29. The summed E-state index contributed by atoms with van der Waals surface area (Å²) in [5, 5.41) is 0. The first-order chi connectivity index (χ1) is 8.49. The van der Waals surface area contributed by atoms with Gasteiger partial charge in [0.05, 0.1) is 16.3 Å². The molecule has 1 aliphatic heterocycles. The molecule has 100 valence electrons. The number of nitrogens with two attached hydrogens (primary N) is 1. The molecule has 0 amide bonds. The Balaban J connectivity index is 2.21. The maximum Gasteiger partial charge on any atom is 0.180 e. The van der Waals surface area contributed by atoms with Gasteiger partial charge in [-0.05, 0) is 43.4 Å². The summed E-state index contributed by atoms with van der Waals surface area (Å²) >= 11 is 0. The van der Waals surface area contributed by atoms with E-state index >= 15 is 0 Å². The zero-order chi connectivity index (χ0) is 13.2. The molecule has 0 atom stereocenters. The molecule has 1 heterocycles. The molecule has 1 aromatic rings. The largest absolute Gasteiger partial charge is 0.398 e. The average Bonchev–Trinajstić information content (AvgIpc) is 2.33. The molecule has 0 bridgehead atoms. The SMILES string of the molecule is Cc1ccc(N)c(S(=O)(=O)CC2CCOCC2)c1. The van der Waals surface area contributed by atoms with Crippen molar-refractivity contribution in [3.05, 3.63) is 23.8 Å². The van der Waals surface area contributed by atoms with E-state index in [0.29, 0.717) is 18.9 Å². The number of hydrogen-bond acceptors (Lipinski definition) is 4. The molecule has 5 heteroatoms. The molecule has 2 N–H and O–H groups in total. The molecule has 1 saturated heterocycles. The zero-order valence-corrected chi connectivity index (χ0v) is 11.4. The third-order valence-electron chi connectivity index (χ3n) is 3.30. The fraction of sp³-hybridized carbons (Fsp3) is 0.538. The van der Waals surface area contributed by atoms with Crippen LogP contribution in [0.1, 0.15) is 18.4 Å². The van der Waals surface area contributed by atoms with Gasteiger partial charge in [-0.2, -0.15) is 0 Å². The number of sulfone groups is 1. The zero-order valence-electron chi connectivity index (χ0n) is 10.6. The van der Waals surface area contributed by atoms with E-state index in [-0.39, 0.29) is 16.6 Å². The number of benzene rings is 1. The first-order valence-electron chi connectivity index (χ1n) is 6.15. The number of ether oxygens (including phenoxy) is 1. The van der Waals surface area contributed by atoms with Crippen LogP contribution in [0.5, 0.6) is 0 Å². The molecule has 1 aliphatic rings. The molecule has 0 saturated carbocycles. The van der Waals surface area contributed by atoms with Crippen LogP contribution in [-0.2, 0) is 14.6 Å². The van der Waals surface area contributed by atoms with Gasteiger partial charge in [-0.3, -0.25) is 0 Å². The molecular weight excluding hydrogens is 250 g/mol. The predicted molar refractivity (Wildman–Crippen MR) is 71.2 cm³/mol. The van der Waals surface area contributed by atoms with Gasteiger partial charge in [0.1, 0.15) is 0 Å². The second-order valence-corrected chi connectivity index (χ2v) is 6.88. The highest BCUT2D eigenvalue weighted by molar-refractivity contribution is 7.91. The van der Waals surface area contributed by atoms with E-state index in [4.69, 9.17) is 10.5 Å². The van der Waals surface area contributed by atoms with E-state index in [1.165, 1.54) is 0 Å². The van der Waals surface area contributed by atoms with E-state index < -0.39 is 9.84 Å². The van der Waals surface area contributed by atoms with Crippen molar-refractivity contribution in [3.8, 4) is 0 Å². The van der Waals surface area contributed by atoms with Gasteiger partial charge in [0.15, 0.2) is 9.84 Å². The highest BCUT2D eigenvalue weighted by Crippen LogP contribution is 2.25. The summed E-state index contributed by atoms with van der Waals surface area (Å²) in [6, 6.07) is 5.14. The lowest BCUT2D eigenvalue weighted by Gasteiger charge is -2.22. The highest BCUT2D eigenvalue weighted by atomic mass is 32.2. The Labute approximate surface area is 108 Å². The Kier molecular flexibility index (Phi) is 3.92. The lowest BCUT2D eigenvalue weighted by molar-refractivity contribution is 0.0723. The molecular formula is C13H19NO3S. The second kappa shape index (κ2) is 5.28. The van der Waals surface area contributed by atoms with Crippen molar-refractivity contribution in [2.24, 2.45) is 5.92 Å². The van der Waals surface area contributed by atoms with Crippen LogP contribution < -0.4 is 5.73 Å². The van der Waals surface area contributed by atoms with Crippen LogP contribution in [0.2, 0.25) is 0 Å². The maximum absolute atomic E-state index is 12.4. The van der Waals surface area contributed by atoms with Crippen molar-refractivity contribution in [2.75, 3.05) is 24.7 Å². The van der Waals surface area contributed by atoms with Gasteiger partial charge in [-0.1, -0.05) is 6.07 Å². The molecule has 1 aromatic carbocycles. The molecule has 2 rings (SSSR count). The van der Waals surface area contributed by atoms with E-state index in [1.54, 1.807) is 12.1 Å². The van der Waals surface area contributed by atoms with Gasteiger partial charge < -0.3 is 10.5 Å². The van der Waals surface area contributed by atoms with Crippen LogP contribution in [0, 0.1) is 12.8 Å². The Bertz CT molecular complexity index is 519. The quantitative estimate of drug-likeness (QED) is 0.849. The van der Waals surface area contributed by atoms with Crippen molar-refractivity contribution in [1.82, 2.24) is 0 Å². The van der Waals surface area contributed by atoms with Gasteiger partial charge in [-0.15, -0.1) is 0 Å². The number of aryl methyl sites for hydroxylation is 1. The molecule has 0 aromatic heterocycles. The Morgan fingerprint density at radius 2 is 2.00 bits per heavy atom. The standard InChI is InChI=1S/C13H19NO3S/c1-10-2-3-12(14)13(8-10)18(15,16)9-11-4-6-17-7-5-11/h2-3,8,11H,4-7,9,14H2,1H3. The molecule has 1 fully saturated rings. The summed E-state index contributed by atoms with van der Waals surface area (Å²) in [6.45, 7) is 3.18. The van der Waals surface area contributed by atoms with Gasteiger partial charge in [0.25, 0.3) is 0 Å². The van der Waals surface area contributed by atoms with Crippen LogP contribution in [-0.4, -0.2) is 27.4 Å². The fourth-order valence-corrected chi connectivity index (χ4v) is 4.15. The Morgan fingerprint density at radius 1 is 1.33 bits per heavy atom. The molecule has 0 spiro atoms. The molecule has 4 nitrogen and oxygen atoms in total. The van der Waals surface area contributed by atoms with Gasteiger partial charge in [0.2, 0.25) is 0 Å². The molecule has 0 radical (unpaired) electrons. The first kappa shape index (κ1) is 13.4. The number of rotatable bonds is 3. The molecule has 0 aliphatic carbocycles. The molecule has 0 unspecified atom stereocenters. The Morgan fingerprint density at radius 3 is 2.67 bits per heavy atom. The van der Waals surface area contributed by atoms with Crippen LogP contribution in [0.15, 0.2) is 23.1 Å². The van der Waals surface area contributed by atoms with Crippen molar-refractivity contribution >= 4 is 15.5 Å². The average molecular weight is 269 g/mol. The van der Waals surface area contributed by atoms with Crippen molar-refractivity contribution < 1.29 is 13.2 Å². The van der Waals surface area contributed by atoms with Gasteiger partial charge in [0, 0.05) is 13.2 Å². The number of hydrogen-bond donors (Lipinski definition) is 1. The van der Waals surface area contributed by atoms with Crippen molar-refractivity contribution in [1.29, 1.82) is 0 Å². The number of anilines is 1. The topological polar surface area (TPSA) is 69.4 Å². The lowest BCUT2D eigenvalue weighted by atomic mass is 10.0. The minimum Gasteiger partial charge on any atom is -0.398 e. The monoisotopic (exact) mass is 269 g/mol. The first-order valence-corrected chi connectivity index (χ1v) is 7.81. The smallest absolute Gasteiger partial charge is 0.180 e. The summed E-state index contributed by atoms with van der Waals surface area (Å²) in [7, 11) is -3.29. The second-order valence-electron chi connectivity index (χ2n) is 4.88. The van der Waals surface area contributed by atoms with E-state index in [1.807, 2.05) is 13.0 Å². The van der Waals surface area contributed by atoms with E-state index in [2.05, 4.69) is 0 Å². The summed E-state index contributed by atoms with van der Waals surface area (Å²) < 4.78 is 29.9.